The molecule has 0 radical (unpaired) electrons. The Labute approximate surface area is 286 Å². The first-order valence-corrected chi connectivity index (χ1v) is 16.9. The van der Waals surface area contributed by atoms with Gasteiger partial charge in [0.1, 0.15) is 22.3 Å². The van der Waals surface area contributed by atoms with Gasteiger partial charge in [-0.1, -0.05) is 97.1 Å². The second-order valence-electron chi connectivity index (χ2n) is 12.9. The van der Waals surface area contributed by atoms with Gasteiger partial charge in [0, 0.05) is 66.2 Å². The number of hydrogen-bond donors (Lipinski definition) is 0. The van der Waals surface area contributed by atoms with Crippen LogP contribution in [0.25, 0.3) is 82.1 Å². The second-order valence-corrected chi connectivity index (χ2v) is 12.9. The monoisotopic (exact) mass is 640 g/mol. The van der Waals surface area contributed by atoms with Crippen molar-refractivity contribution in [1.29, 1.82) is 0 Å². The zero-order valence-corrected chi connectivity index (χ0v) is 26.9. The fourth-order valence-corrected chi connectivity index (χ4v) is 7.95. The van der Waals surface area contributed by atoms with Gasteiger partial charge in [0.25, 0.3) is 0 Å². The predicted molar refractivity (Wildman–Crippen MR) is 208 cm³/mol. The van der Waals surface area contributed by atoms with Crippen molar-refractivity contribution in [3.05, 3.63) is 170 Å². The molecule has 11 aromatic rings. The average molecular weight is 641 g/mol. The summed E-state index contributed by atoms with van der Waals surface area (Å²) >= 11 is 0. The van der Waals surface area contributed by atoms with E-state index in [9.17, 15) is 0 Å². The van der Waals surface area contributed by atoms with Gasteiger partial charge in [-0.3, -0.25) is 0 Å². The van der Waals surface area contributed by atoms with Crippen molar-refractivity contribution >= 4 is 93.5 Å². The number of fused-ring (bicyclic) bond motifs is 11. The highest BCUT2D eigenvalue weighted by molar-refractivity contribution is 6.20. The zero-order valence-electron chi connectivity index (χ0n) is 26.9. The van der Waals surface area contributed by atoms with Gasteiger partial charge in [0.05, 0.1) is 16.7 Å². The minimum absolute atomic E-state index is 0.856. The summed E-state index contributed by atoms with van der Waals surface area (Å²) in [6, 6.07) is 60.1. The number of furan rings is 2. The van der Waals surface area contributed by atoms with Gasteiger partial charge >= 0.3 is 0 Å². The Morgan fingerprint density at radius 1 is 0.360 bits per heavy atom. The molecule has 0 saturated carbocycles. The molecule has 50 heavy (non-hydrogen) atoms. The molecular formula is C46H28N2O2. The van der Waals surface area contributed by atoms with Crippen molar-refractivity contribution in [2.24, 2.45) is 0 Å². The standard InChI is InChI=1S/C46H28N2O2/c1-2-12-29(13-3-1)48-40-19-9-6-15-33(40)38-26-30(23-25-41(38)48)47(31-22-24-36-34-16-7-10-20-43(34)49-45(36)27-31)42-28-39-35-17-8-11-21-44(35)50-46(39)37-18-5-4-14-32(37)42/h1-28H. The Kier molecular flexibility index (Phi) is 5.63. The Bertz CT molecular complexity index is 3110. The first-order chi connectivity index (χ1) is 24.8. The summed E-state index contributed by atoms with van der Waals surface area (Å²) in [7, 11) is 0. The summed E-state index contributed by atoms with van der Waals surface area (Å²) in [6.45, 7) is 0. The van der Waals surface area contributed by atoms with Crippen LogP contribution in [0.2, 0.25) is 0 Å². The van der Waals surface area contributed by atoms with Crippen LogP contribution in [0.5, 0.6) is 0 Å². The molecule has 11 rings (SSSR count). The molecule has 3 aromatic heterocycles. The summed E-state index contributed by atoms with van der Waals surface area (Å²) in [5, 5.41) is 9.00. The Morgan fingerprint density at radius 2 is 0.940 bits per heavy atom. The van der Waals surface area contributed by atoms with Gasteiger partial charge in [-0.05, 0) is 66.7 Å². The largest absolute Gasteiger partial charge is 0.456 e. The molecule has 0 aliphatic carbocycles. The first kappa shape index (κ1) is 27.2. The highest BCUT2D eigenvalue weighted by atomic mass is 16.3. The number of aromatic nitrogens is 1. The lowest BCUT2D eigenvalue weighted by Gasteiger charge is -2.27. The van der Waals surface area contributed by atoms with Crippen molar-refractivity contribution in [1.82, 2.24) is 4.57 Å². The number of nitrogens with zero attached hydrogens (tertiary/aromatic N) is 2. The normalized spacial score (nSPS) is 12.0. The van der Waals surface area contributed by atoms with Crippen LogP contribution in [-0.2, 0) is 0 Å². The number of rotatable bonds is 4. The Morgan fingerprint density at radius 3 is 1.76 bits per heavy atom. The third-order valence-electron chi connectivity index (χ3n) is 10.2. The lowest BCUT2D eigenvalue weighted by Crippen LogP contribution is -2.10. The highest BCUT2D eigenvalue weighted by Gasteiger charge is 2.22. The van der Waals surface area contributed by atoms with Gasteiger partial charge in [0.2, 0.25) is 0 Å². The molecule has 0 unspecified atom stereocenters. The van der Waals surface area contributed by atoms with Crippen molar-refractivity contribution in [2.75, 3.05) is 4.90 Å². The number of anilines is 3. The molecule has 0 aliphatic heterocycles. The quantitative estimate of drug-likeness (QED) is 0.192. The summed E-state index contributed by atoms with van der Waals surface area (Å²) in [5.74, 6) is 0. The maximum Gasteiger partial charge on any atom is 0.143 e. The Balaban J connectivity index is 1.24. The molecule has 234 valence electrons. The van der Waals surface area contributed by atoms with E-state index in [0.717, 1.165) is 82.9 Å². The first-order valence-electron chi connectivity index (χ1n) is 16.9. The van der Waals surface area contributed by atoms with Crippen LogP contribution in [0, 0.1) is 0 Å². The molecular weight excluding hydrogens is 613 g/mol. The highest BCUT2D eigenvalue weighted by Crippen LogP contribution is 2.46. The van der Waals surface area contributed by atoms with Crippen LogP contribution in [0.4, 0.5) is 17.1 Å². The van der Waals surface area contributed by atoms with E-state index < -0.39 is 0 Å². The van der Waals surface area contributed by atoms with Gasteiger partial charge < -0.3 is 18.3 Å². The van der Waals surface area contributed by atoms with E-state index in [-0.39, 0.29) is 0 Å². The molecule has 0 N–H and O–H groups in total. The van der Waals surface area contributed by atoms with Gasteiger partial charge in [-0.25, -0.2) is 0 Å². The topological polar surface area (TPSA) is 34.5 Å². The minimum Gasteiger partial charge on any atom is -0.456 e. The molecule has 3 heterocycles. The fraction of sp³-hybridized carbons (Fsp3) is 0. The van der Waals surface area contributed by atoms with Crippen LogP contribution in [-0.4, -0.2) is 4.57 Å². The van der Waals surface area contributed by atoms with Crippen molar-refractivity contribution in [2.45, 2.75) is 0 Å². The van der Waals surface area contributed by atoms with Crippen LogP contribution in [0.3, 0.4) is 0 Å². The predicted octanol–water partition coefficient (Wildman–Crippen LogP) is 13.2. The fourth-order valence-electron chi connectivity index (χ4n) is 7.95. The van der Waals surface area contributed by atoms with E-state index in [1.165, 1.54) is 16.3 Å². The molecule has 0 atom stereocenters. The van der Waals surface area contributed by atoms with Crippen molar-refractivity contribution in [3.8, 4) is 5.69 Å². The lowest BCUT2D eigenvalue weighted by atomic mass is 10.0. The van der Waals surface area contributed by atoms with Gasteiger partial charge in [-0.2, -0.15) is 0 Å². The molecule has 0 fully saturated rings. The van der Waals surface area contributed by atoms with Crippen LogP contribution in [0.15, 0.2) is 179 Å². The SMILES string of the molecule is c1ccc(-n2c3ccccc3c3cc(N(c4ccc5c(c4)oc4ccccc45)c4cc5c6ccccc6oc5c5ccccc45)ccc32)cc1. The summed E-state index contributed by atoms with van der Waals surface area (Å²) in [4.78, 5) is 2.38. The van der Waals surface area contributed by atoms with Crippen molar-refractivity contribution in [3.63, 3.8) is 0 Å². The summed E-state index contributed by atoms with van der Waals surface area (Å²) < 4.78 is 15.3. The van der Waals surface area contributed by atoms with E-state index >= 15 is 0 Å². The van der Waals surface area contributed by atoms with E-state index in [4.69, 9.17) is 8.83 Å². The minimum atomic E-state index is 0.856. The summed E-state index contributed by atoms with van der Waals surface area (Å²) in [5.41, 5.74) is 10.2. The maximum absolute atomic E-state index is 6.52. The number of para-hydroxylation sites is 4. The molecule has 0 amide bonds. The second kappa shape index (κ2) is 10.4. The maximum atomic E-state index is 6.52. The molecule has 0 spiro atoms. The molecule has 4 heteroatoms. The third-order valence-corrected chi connectivity index (χ3v) is 10.2. The van der Waals surface area contributed by atoms with Crippen LogP contribution in [0.1, 0.15) is 0 Å². The molecule has 0 aliphatic rings. The molecule has 8 aromatic carbocycles. The molecule has 4 nitrogen and oxygen atoms in total. The van der Waals surface area contributed by atoms with Gasteiger partial charge in [-0.15, -0.1) is 0 Å². The molecule has 0 bridgehead atoms. The van der Waals surface area contributed by atoms with Gasteiger partial charge in [0.15, 0.2) is 0 Å². The van der Waals surface area contributed by atoms with E-state index in [1.807, 2.05) is 24.3 Å². The Hall–Kier alpha value is -6.78. The van der Waals surface area contributed by atoms with E-state index in [1.54, 1.807) is 0 Å². The lowest BCUT2D eigenvalue weighted by molar-refractivity contribution is 0.669. The van der Waals surface area contributed by atoms with E-state index in [0.29, 0.717) is 0 Å². The smallest absolute Gasteiger partial charge is 0.143 e. The summed E-state index contributed by atoms with van der Waals surface area (Å²) in [6.07, 6.45) is 0. The zero-order chi connectivity index (χ0) is 32.8. The third kappa shape index (κ3) is 3.87. The van der Waals surface area contributed by atoms with Crippen LogP contribution < -0.4 is 4.90 Å². The number of benzene rings is 8. The van der Waals surface area contributed by atoms with Crippen molar-refractivity contribution < 1.29 is 8.83 Å². The number of hydrogen-bond acceptors (Lipinski definition) is 3. The van der Waals surface area contributed by atoms with Crippen LogP contribution >= 0.6 is 0 Å². The van der Waals surface area contributed by atoms with E-state index in [2.05, 4.69) is 155 Å². The average Bonchev–Trinajstić information content (AvgIpc) is 3.85. The molecule has 0 saturated heterocycles.